The molecule has 166 valence electrons. The van der Waals surface area contributed by atoms with E-state index in [2.05, 4.69) is 9.97 Å². The molecule has 1 amide bonds. The molecule has 1 aliphatic heterocycles. The zero-order valence-electron chi connectivity index (χ0n) is 18.0. The first-order valence-electron chi connectivity index (χ1n) is 10.8. The highest BCUT2D eigenvalue weighted by atomic mass is 19.1. The summed E-state index contributed by atoms with van der Waals surface area (Å²) in [5.74, 6) is -0.227. The summed E-state index contributed by atoms with van der Waals surface area (Å²) in [5.41, 5.74) is 0.796. The van der Waals surface area contributed by atoms with Gasteiger partial charge in [0.2, 0.25) is 0 Å². The molecule has 0 radical (unpaired) electrons. The molecule has 4 rings (SSSR count). The number of piperidine rings is 1. The first-order valence-corrected chi connectivity index (χ1v) is 10.8. The van der Waals surface area contributed by atoms with Crippen LogP contribution in [-0.2, 0) is 16.0 Å². The number of likely N-dealkylation sites (tertiary alicyclic amines) is 1. The van der Waals surface area contributed by atoms with Crippen molar-refractivity contribution in [1.82, 2.24) is 14.9 Å². The maximum absolute atomic E-state index is 14.4. The van der Waals surface area contributed by atoms with Gasteiger partial charge in [-0.15, -0.1) is 0 Å². The van der Waals surface area contributed by atoms with Crippen LogP contribution in [0, 0.1) is 11.2 Å². The quantitative estimate of drug-likeness (QED) is 0.588. The number of hydrogen-bond donors (Lipinski definition) is 1. The average Bonchev–Trinajstić information content (AvgIpc) is 3.36. The summed E-state index contributed by atoms with van der Waals surface area (Å²) >= 11 is 0. The summed E-state index contributed by atoms with van der Waals surface area (Å²) in [5, 5.41) is 0. The van der Waals surface area contributed by atoms with Gasteiger partial charge >= 0.3 is 5.97 Å². The van der Waals surface area contributed by atoms with E-state index in [1.54, 1.807) is 54.5 Å². The van der Waals surface area contributed by atoms with Gasteiger partial charge in [0.05, 0.1) is 12.0 Å². The molecule has 2 aromatic carbocycles. The van der Waals surface area contributed by atoms with Crippen LogP contribution in [0.15, 0.2) is 60.9 Å². The molecular weight excluding hydrogens is 409 g/mol. The van der Waals surface area contributed by atoms with Crippen LogP contribution >= 0.6 is 0 Å². The average molecular weight is 435 g/mol. The Morgan fingerprint density at radius 2 is 2.06 bits per heavy atom. The van der Waals surface area contributed by atoms with Gasteiger partial charge in [-0.1, -0.05) is 30.3 Å². The van der Waals surface area contributed by atoms with Crippen LogP contribution in [0.1, 0.15) is 35.7 Å². The SMILES string of the molecule is CCOC(=O)C1(Cc2ccccc2F)CCCN(C(=O)c2cccc(-c3ncc[nH]3)c2)C1. The molecule has 1 fully saturated rings. The lowest BCUT2D eigenvalue weighted by molar-refractivity contribution is -0.158. The molecule has 0 aliphatic carbocycles. The monoisotopic (exact) mass is 435 g/mol. The first-order chi connectivity index (χ1) is 15.5. The number of H-pyrrole nitrogens is 1. The van der Waals surface area contributed by atoms with Crippen molar-refractivity contribution in [3.63, 3.8) is 0 Å². The summed E-state index contributed by atoms with van der Waals surface area (Å²) in [4.78, 5) is 35.4. The van der Waals surface area contributed by atoms with Crippen molar-refractivity contribution in [1.29, 1.82) is 0 Å². The van der Waals surface area contributed by atoms with Crippen molar-refractivity contribution in [2.75, 3.05) is 19.7 Å². The van der Waals surface area contributed by atoms with Crippen molar-refractivity contribution >= 4 is 11.9 Å². The molecule has 1 aliphatic rings. The molecule has 0 bridgehead atoms. The third-order valence-electron chi connectivity index (χ3n) is 5.94. The molecule has 1 aromatic heterocycles. The number of amides is 1. The number of carbonyl (C=O) groups is 2. The van der Waals surface area contributed by atoms with Gasteiger partial charge in [-0.3, -0.25) is 9.59 Å². The molecule has 1 saturated heterocycles. The molecule has 1 unspecified atom stereocenters. The predicted molar refractivity (Wildman–Crippen MR) is 118 cm³/mol. The number of hydrogen-bond acceptors (Lipinski definition) is 4. The molecule has 2 heterocycles. The standard InChI is InChI=1S/C25H26FN3O3/c1-2-32-24(31)25(16-20-7-3-4-10-21(20)26)11-6-14-29(17-25)23(30)19-9-5-8-18(15-19)22-27-12-13-28-22/h3-5,7-10,12-13,15H,2,6,11,14,16-17H2,1H3,(H,27,28). The second-order valence-electron chi connectivity index (χ2n) is 8.12. The zero-order chi connectivity index (χ0) is 22.6. The van der Waals surface area contributed by atoms with Gasteiger partial charge in [0.15, 0.2) is 0 Å². The molecule has 6 nitrogen and oxygen atoms in total. The van der Waals surface area contributed by atoms with Crippen LogP contribution in [-0.4, -0.2) is 46.4 Å². The maximum Gasteiger partial charge on any atom is 0.314 e. The zero-order valence-corrected chi connectivity index (χ0v) is 18.0. The van der Waals surface area contributed by atoms with Crippen LogP contribution in [0.4, 0.5) is 4.39 Å². The summed E-state index contributed by atoms with van der Waals surface area (Å²) in [6, 6.07) is 13.7. The number of nitrogens with one attached hydrogen (secondary N) is 1. The van der Waals surface area contributed by atoms with E-state index in [9.17, 15) is 14.0 Å². The van der Waals surface area contributed by atoms with E-state index in [4.69, 9.17) is 4.74 Å². The van der Waals surface area contributed by atoms with Crippen LogP contribution < -0.4 is 0 Å². The molecule has 1 N–H and O–H groups in total. The Balaban J connectivity index is 1.61. The third kappa shape index (κ3) is 4.42. The van der Waals surface area contributed by atoms with Gasteiger partial charge in [-0.05, 0) is 49.9 Å². The van der Waals surface area contributed by atoms with Gasteiger partial charge in [0.25, 0.3) is 5.91 Å². The summed E-state index contributed by atoms with van der Waals surface area (Å²) < 4.78 is 19.8. The van der Waals surface area contributed by atoms with Gasteiger partial charge in [0.1, 0.15) is 11.6 Å². The number of aromatic nitrogens is 2. The van der Waals surface area contributed by atoms with Gasteiger partial charge in [-0.25, -0.2) is 9.37 Å². The number of benzene rings is 2. The molecule has 32 heavy (non-hydrogen) atoms. The van der Waals surface area contributed by atoms with E-state index < -0.39 is 5.41 Å². The lowest BCUT2D eigenvalue weighted by Crippen LogP contribution is -2.51. The number of rotatable bonds is 6. The van der Waals surface area contributed by atoms with E-state index in [1.807, 2.05) is 12.1 Å². The highest BCUT2D eigenvalue weighted by Crippen LogP contribution is 2.36. The normalized spacial score (nSPS) is 18.4. The molecule has 3 aromatic rings. The minimum atomic E-state index is -0.981. The Morgan fingerprint density at radius 3 is 2.81 bits per heavy atom. The van der Waals surface area contributed by atoms with Crippen LogP contribution in [0.25, 0.3) is 11.4 Å². The molecule has 7 heteroatoms. The number of halogens is 1. The van der Waals surface area contributed by atoms with Crippen LogP contribution in [0.2, 0.25) is 0 Å². The number of aromatic amines is 1. The molecule has 0 spiro atoms. The van der Waals surface area contributed by atoms with Gasteiger partial charge < -0.3 is 14.6 Å². The second kappa shape index (κ2) is 9.34. The fraction of sp³-hybridized carbons (Fsp3) is 0.320. The van der Waals surface area contributed by atoms with E-state index in [1.165, 1.54) is 6.07 Å². The van der Waals surface area contributed by atoms with Crippen molar-refractivity contribution < 1.29 is 18.7 Å². The number of imidazole rings is 1. The number of esters is 1. The molecule has 1 atom stereocenters. The fourth-order valence-electron chi connectivity index (χ4n) is 4.38. The van der Waals surface area contributed by atoms with Crippen molar-refractivity contribution in [2.45, 2.75) is 26.2 Å². The van der Waals surface area contributed by atoms with Gasteiger partial charge in [0, 0.05) is 36.6 Å². The summed E-state index contributed by atoms with van der Waals surface area (Å²) in [7, 11) is 0. The Labute approximate surface area is 186 Å². The highest BCUT2D eigenvalue weighted by Gasteiger charge is 2.45. The Hall–Kier alpha value is -3.48. The van der Waals surface area contributed by atoms with Crippen LogP contribution in [0.3, 0.4) is 0 Å². The highest BCUT2D eigenvalue weighted by molar-refractivity contribution is 5.96. The third-order valence-corrected chi connectivity index (χ3v) is 5.94. The van der Waals surface area contributed by atoms with E-state index >= 15 is 0 Å². The maximum atomic E-state index is 14.4. The van der Waals surface area contributed by atoms with E-state index in [0.29, 0.717) is 36.3 Å². The molecular formula is C25H26FN3O3. The Kier molecular flexibility index (Phi) is 6.35. The number of carbonyl (C=O) groups excluding carboxylic acids is 2. The Bertz CT molecular complexity index is 1100. The van der Waals surface area contributed by atoms with Crippen molar-refractivity contribution in [3.05, 3.63) is 77.9 Å². The molecule has 0 saturated carbocycles. The summed E-state index contributed by atoms with van der Waals surface area (Å²) in [6.07, 6.45) is 4.75. The number of nitrogens with zero attached hydrogens (tertiary/aromatic N) is 2. The predicted octanol–water partition coefficient (Wildman–Crippen LogP) is 4.24. The largest absolute Gasteiger partial charge is 0.466 e. The smallest absolute Gasteiger partial charge is 0.314 e. The topological polar surface area (TPSA) is 75.3 Å². The van der Waals surface area contributed by atoms with Gasteiger partial charge in [-0.2, -0.15) is 0 Å². The second-order valence-corrected chi connectivity index (χ2v) is 8.12. The van der Waals surface area contributed by atoms with E-state index in [0.717, 1.165) is 5.56 Å². The van der Waals surface area contributed by atoms with Crippen molar-refractivity contribution in [2.24, 2.45) is 5.41 Å². The first kappa shape index (κ1) is 21.7. The number of ether oxygens (including phenoxy) is 1. The fourth-order valence-corrected chi connectivity index (χ4v) is 4.38. The lowest BCUT2D eigenvalue weighted by atomic mass is 9.74. The van der Waals surface area contributed by atoms with Crippen molar-refractivity contribution in [3.8, 4) is 11.4 Å². The summed E-state index contributed by atoms with van der Waals surface area (Å²) in [6.45, 7) is 2.70. The van der Waals surface area contributed by atoms with Crippen LogP contribution in [0.5, 0.6) is 0 Å². The minimum absolute atomic E-state index is 0.166. The lowest BCUT2D eigenvalue weighted by Gasteiger charge is -2.41. The minimum Gasteiger partial charge on any atom is -0.466 e. The van der Waals surface area contributed by atoms with E-state index in [-0.39, 0.29) is 37.3 Å². The Morgan fingerprint density at radius 1 is 1.22 bits per heavy atom.